The zero-order valence-corrected chi connectivity index (χ0v) is 21.0. The highest BCUT2D eigenvalue weighted by molar-refractivity contribution is 7.89. The number of nitrogens with zero attached hydrogens (tertiary/aromatic N) is 3. The largest absolute Gasteiger partial charge is 0.487 e. The van der Waals surface area contributed by atoms with Gasteiger partial charge in [0.1, 0.15) is 23.4 Å². The molecule has 1 aliphatic heterocycles. The molecule has 184 valence electrons. The van der Waals surface area contributed by atoms with Crippen molar-refractivity contribution >= 4 is 10.0 Å². The molecule has 2 heterocycles. The molecule has 0 saturated carbocycles. The van der Waals surface area contributed by atoms with Crippen molar-refractivity contribution in [3.8, 4) is 17.6 Å². The summed E-state index contributed by atoms with van der Waals surface area (Å²) in [6, 6.07) is 8.23. The fourth-order valence-corrected chi connectivity index (χ4v) is 5.73. The van der Waals surface area contributed by atoms with Gasteiger partial charge in [-0.05, 0) is 43.8 Å². The van der Waals surface area contributed by atoms with Gasteiger partial charge in [-0.1, -0.05) is 24.8 Å². The van der Waals surface area contributed by atoms with Gasteiger partial charge in [0, 0.05) is 56.7 Å². The van der Waals surface area contributed by atoms with Crippen LogP contribution in [-0.2, 0) is 21.3 Å². The number of pyridine rings is 1. The maximum absolute atomic E-state index is 13.5. The number of benzene rings is 1. The first-order valence-electron chi connectivity index (χ1n) is 11.2. The van der Waals surface area contributed by atoms with Crippen LogP contribution in [0.15, 0.2) is 47.6 Å². The van der Waals surface area contributed by atoms with E-state index < -0.39 is 16.1 Å². The average molecular weight is 488 g/mol. The number of aliphatic hydroxyl groups is 1. The van der Waals surface area contributed by atoms with Gasteiger partial charge in [-0.15, -0.1) is 0 Å². The Bertz CT molecular complexity index is 1110. The molecule has 3 atom stereocenters. The van der Waals surface area contributed by atoms with E-state index in [-0.39, 0.29) is 42.4 Å². The van der Waals surface area contributed by atoms with E-state index in [9.17, 15) is 13.5 Å². The van der Waals surface area contributed by atoms with Crippen molar-refractivity contribution in [2.75, 3.05) is 40.5 Å². The van der Waals surface area contributed by atoms with Gasteiger partial charge in [0.15, 0.2) is 0 Å². The number of likely N-dealkylation sites (N-methyl/N-ethyl adjacent to an activating group) is 1. The Balaban J connectivity index is 1.97. The summed E-state index contributed by atoms with van der Waals surface area (Å²) < 4.78 is 39.8. The highest BCUT2D eigenvalue weighted by atomic mass is 32.2. The fourth-order valence-electron chi connectivity index (χ4n) is 3.91. The Morgan fingerprint density at radius 2 is 2.18 bits per heavy atom. The maximum Gasteiger partial charge on any atom is 0.247 e. The topological polar surface area (TPSA) is 92.2 Å². The number of fused-ring (bicyclic) bond motifs is 1. The van der Waals surface area contributed by atoms with Crippen molar-refractivity contribution in [2.24, 2.45) is 5.92 Å². The van der Waals surface area contributed by atoms with E-state index >= 15 is 0 Å². The summed E-state index contributed by atoms with van der Waals surface area (Å²) in [6.07, 6.45) is 3.29. The number of aliphatic hydroxyl groups excluding tert-OH is 1. The molecule has 0 bridgehead atoms. The number of hydrogen-bond acceptors (Lipinski definition) is 7. The van der Waals surface area contributed by atoms with Crippen LogP contribution in [0.1, 0.15) is 25.0 Å². The quantitative estimate of drug-likeness (QED) is 0.597. The molecule has 0 radical (unpaired) electrons. The van der Waals surface area contributed by atoms with E-state index in [2.05, 4.69) is 21.7 Å². The first-order chi connectivity index (χ1) is 16.3. The van der Waals surface area contributed by atoms with E-state index in [0.29, 0.717) is 18.7 Å². The zero-order valence-electron chi connectivity index (χ0n) is 20.1. The van der Waals surface area contributed by atoms with Gasteiger partial charge in [0.25, 0.3) is 0 Å². The van der Waals surface area contributed by atoms with Gasteiger partial charge in [-0.2, -0.15) is 4.31 Å². The first kappa shape index (κ1) is 26.1. The molecular weight excluding hydrogens is 454 g/mol. The van der Waals surface area contributed by atoms with E-state index in [1.807, 2.05) is 32.3 Å². The molecule has 0 amide bonds. The van der Waals surface area contributed by atoms with Crippen molar-refractivity contribution in [1.82, 2.24) is 14.2 Å². The van der Waals surface area contributed by atoms with Crippen molar-refractivity contribution in [3.05, 3.63) is 53.9 Å². The normalized spacial score (nSPS) is 20.9. The molecular formula is C25H33N3O5S. The van der Waals surface area contributed by atoms with Crippen molar-refractivity contribution < 1.29 is 23.0 Å². The van der Waals surface area contributed by atoms with Crippen molar-refractivity contribution in [1.29, 1.82) is 0 Å². The maximum atomic E-state index is 13.5. The van der Waals surface area contributed by atoms with Crippen LogP contribution in [0, 0.1) is 17.8 Å². The molecule has 0 fully saturated rings. The Hall–Kier alpha value is -2.48. The minimum absolute atomic E-state index is 0.0805. The number of sulfonamides is 1. The average Bonchev–Trinajstić information content (AvgIpc) is 2.81. The second-order valence-corrected chi connectivity index (χ2v) is 10.6. The van der Waals surface area contributed by atoms with Crippen LogP contribution in [0.4, 0.5) is 0 Å². The second-order valence-electron chi connectivity index (χ2n) is 8.69. The van der Waals surface area contributed by atoms with Crippen molar-refractivity contribution in [2.45, 2.75) is 37.4 Å². The molecule has 0 aliphatic carbocycles. The molecule has 3 rings (SSSR count). The number of ether oxygens (including phenoxy) is 2. The van der Waals surface area contributed by atoms with Gasteiger partial charge in [-0.3, -0.25) is 9.88 Å². The summed E-state index contributed by atoms with van der Waals surface area (Å²) >= 11 is 0. The molecule has 1 aromatic heterocycles. The minimum atomic E-state index is -3.88. The Labute approximate surface area is 202 Å². The van der Waals surface area contributed by atoms with Crippen LogP contribution in [0.5, 0.6) is 5.75 Å². The van der Waals surface area contributed by atoms with Crippen LogP contribution in [0.25, 0.3) is 0 Å². The monoisotopic (exact) mass is 487 g/mol. The summed E-state index contributed by atoms with van der Waals surface area (Å²) in [6.45, 7) is 5.19. The second kappa shape index (κ2) is 11.8. The molecule has 2 aromatic rings. The summed E-state index contributed by atoms with van der Waals surface area (Å²) in [7, 11) is -0.310. The lowest BCUT2D eigenvalue weighted by Gasteiger charge is -2.37. The SMILES string of the molecule is COCC#Cc1ccc2c(c1)O[C@@H](CN(C)Cc1cccnc1)[C@@H](C)CN([C@@H](C)CO)S2(=O)=O. The van der Waals surface area contributed by atoms with Crippen LogP contribution >= 0.6 is 0 Å². The van der Waals surface area contributed by atoms with Crippen LogP contribution in [-0.4, -0.2) is 80.3 Å². The lowest BCUT2D eigenvalue weighted by molar-refractivity contribution is 0.0733. The zero-order chi connectivity index (χ0) is 24.7. The molecule has 1 aromatic carbocycles. The Morgan fingerprint density at radius 3 is 2.85 bits per heavy atom. The van der Waals surface area contributed by atoms with E-state index in [0.717, 1.165) is 5.56 Å². The summed E-state index contributed by atoms with van der Waals surface area (Å²) in [5, 5.41) is 9.77. The molecule has 0 spiro atoms. The molecule has 8 nitrogen and oxygen atoms in total. The lowest BCUT2D eigenvalue weighted by Crippen LogP contribution is -2.49. The van der Waals surface area contributed by atoms with Crippen LogP contribution < -0.4 is 4.74 Å². The van der Waals surface area contributed by atoms with E-state index in [1.54, 1.807) is 32.4 Å². The van der Waals surface area contributed by atoms with Gasteiger partial charge in [0.05, 0.1) is 6.61 Å². The van der Waals surface area contributed by atoms with Crippen molar-refractivity contribution in [3.63, 3.8) is 0 Å². The molecule has 0 saturated heterocycles. The predicted octanol–water partition coefficient (Wildman–Crippen LogP) is 1.98. The third-order valence-corrected chi connectivity index (χ3v) is 7.80. The number of methoxy groups -OCH3 is 1. The Morgan fingerprint density at radius 1 is 1.38 bits per heavy atom. The van der Waals surface area contributed by atoms with Gasteiger partial charge in [0.2, 0.25) is 10.0 Å². The summed E-state index contributed by atoms with van der Waals surface area (Å²) in [5.41, 5.74) is 1.72. The lowest BCUT2D eigenvalue weighted by atomic mass is 10.0. The highest BCUT2D eigenvalue weighted by Crippen LogP contribution is 2.34. The minimum Gasteiger partial charge on any atom is -0.487 e. The molecule has 9 heteroatoms. The highest BCUT2D eigenvalue weighted by Gasteiger charge is 2.38. The molecule has 34 heavy (non-hydrogen) atoms. The summed E-state index contributed by atoms with van der Waals surface area (Å²) in [5.74, 6) is 6.01. The van der Waals surface area contributed by atoms with E-state index in [1.165, 1.54) is 10.4 Å². The van der Waals surface area contributed by atoms with E-state index in [4.69, 9.17) is 9.47 Å². The van der Waals surface area contributed by atoms with Crippen LogP contribution in [0.3, 0.4) is 0 Å². The number of aromatic nitrogens is 1. The summed E-state index contributed by atoms with van der Waals surface area (Å²) in [4.78, 5) is 6.39. The molecule has 1 aliphatic rings. The van der Waals surface area contributed by atoms with Crippen LogP contribution in [0.2, 0.25) is 0 Å². The molecule has 0 unspecified atom stereocenters. The van der Waals surface area contributed by atoms with Gasteiger partial charge < -0.3 is 14.6 Å². The first-order valence-corrected chi connectivity index (χ1v) is 12.7. The molecule has 1 N–H and O–H groups in total. The van der Waals surface area contributed by atoms with Gasteiger partial charge in [-0.25, -0.2) is 8.42 Å². The fraction of sp³-hybridized carbons (Fsp3) is 0.480. The predicted molar refractivity (Wildman–Crippen MR) is 130 cm³/mol. The third-order valence-electron chi connectivity index (χ3n) is 5.78. The van der Waals surface area contributed by atoms with Gasteiger partial charge >= 0.3 is 0 Å². The number of rotatable bonds is 7. The standard InChI is InChI=1S/C25H33N3O5S/c1-19-15-28(20(2)18-29)34(30,31)25-10-9-21(8-6-12-32-4)13-23(25)33-24(19)17-27(3)16-22-7-5-11-26-14-22/h5,7,9-11,13-14,19-20,24,29H,12,15-18H2,1-4H3/t19-,20-,24-/m0/s1. The third kappa shape index (κ3) is 6.34. The number of hydrogen-bond donors (Lipinski definition) is 1. The Kier molecular flexibility index (Phi) is 9.05. The smallest absolute Gasteiger partial charge is 0.247 e.